The Labute approximate surface area is 226 Å². The van der Waals surface area contributed by atoms with E-state index in [9.17, 15) is 9.18 Å². The molecule has 8 heteroatoms. The number of fused-ring (bicyclic) bond motifs is 1. The summed E-state index contributed by atoms with van der Waals surface area (Å²) in [5.41, 5.74) is 4.51. The summed E-state index contributed by atoms with van der Waals surface area (Å²) < 4.78 is 17.4. The summed E-state index contributed by atoms with van der Waals surface area (Å²) in [6.07, 6.45) is 9.90. The van der Waals surface area contributed by atoms with Gasteiger partial charge >= 0.3 is 0 Å². The van der Waals surface area contributed by atoms with E-state index < -0.39 is 0 Å². The van der Waals surface area contributed by atoms with E-state index in [0.29, 0.717) is 11.5 Å². The first-order chi connectivity index (χ1) is 19.0. The van der Waals surface area contributed by atoms with E-state index in [-0.39, 0.29) is 24.0 Å². The maximum Gasteiger partial charge on any atom is 0.277 e. The number of likely N-dealkylation sites (N-methyl/N-ethyl adjacent to an activating group) is 1. The molecular formula is C31H31FN6O. The third kappa shape index (κ3) is 5.51. The molecular weight excluding hydrogens is 491 g/mol. The van der Waals surface area contributed by atoms with Crippen molar-refractivity contribution in [2.75, 3.05) is 12.4 Å². The number of rotatable bonds is 9. The molecule has 2 aromatic carbocycles. The highest BCUT2D eigenvalue weighted by molar-refractivity contribution is 5.82. The SMILES string of the molecule is CC/C=C(/Nc1cnc(-c2ccccc2)n(Cc2cncc(-n3ccc4cc(F)ccc43)c2)c1=O)[C@H](C)NC. The average molecular weight is 523 g/mol. The molecule has 5 rings (SSSR count). The molecule has 0 spiro atoms. The molecule has 5 aromatic rings. The van der Waals surface area contributed by atoms with E-state index in [4.69, 9.17) is 4.98 Å². The lowest BCUT2D eigenvalue weighted by molar-refractivity contribution is 0.629. The van der Waals surface area contributed by atoms with Gasteiger partial charge in [-0.3, -0.25) is 14.3 Å². The predicted octanol–water partition coefficient (Wildman–Crippen LogP) is 5.75. The van der Waals surface area contributed by atoms with Crippen molar-refractivity contribution in [3.8, 4) is 17.1 Å². The third-order valence-electron chi connectivity index (χ3n) is 6.73. The fourth-order valence-electron chi connectivity index (χ4n) is 4.62. The van der Waals surface area contributed by atoms with Crippen molar-refractivity contribution >= 4 is 16.6 Å². The lowest BCUT2D eigenvalue weighted by atomic mass is 10.2. The summed E-state index contributed by atoms with van der Waals surface area (Å²) in [6, 6.07) is 18.3. The molecule has 0 saturated carbocycles. The van der Waals surface area contributed by atoms with Crippen molar-refractivity contribution in [2.45, 2.75) is 32.9 Å². The van der Waals surface area contributed by atoms with Crippen LogP contribution in [0, 0.1) is 5.82 Å². The second kappa shape index (κ2) is 11.4. The number of pyridine rings is 1. The van der Waals surface area contributed by atoms with Crippen molar-refractivity contribution in [1.29, 1.82) is 0 Å². The summed E-state index contributed by atoms with van der Waals surface area (Å²) in [6.45, 7) is 4.37. The van der Waals surface area contributed by atoms with Gasteiger partial charge in [0.05, 0.1) is 30.1 Å². The lowest BCUT2D eigenvalue weighted by Gasteiger charge is -2.19. The summed E-state index contributed by atoms with van der Waals surface area (Å²) in [7, 11) is 1.88. The molecule has 39 heavy (non-hydrogen) atoms. The molecule has 0 aliphatic carbocycles. The van der Waals surface area contributed by atoms with E-state index in [1.807, 2.05) is 67.2 Å². The van der Waals surface area contributed by atoms with Crippen molar-refractivity contribution in [3.63, 3.8) is 0 Å². The van der Waals surface area contributed by atoms with Crippen LogP contribution in [0.15, 0.2) is 102 Å². The molecule has 0 aliphatic rings. The second-order valence-corrected chi connectivity index (χ2v) is 9.40. The van der Waals surface area contributed by atoms with Gasteiger partial charge in [0.15, 0.2) is 0 Å². The minimum Gasteiger partial charge on any atom is -0.352 e. The van der Waals surface area contributed by atoms with Crippen LogP contribution in [-0.4, -0.2) is 32.2 Å². The number of hydrogen-bond donors (Lipinski definition) is 2. The molecule has 1 atom stereocenters. The van der Waals surface area contributed by atoms with Crippen molar-refractivity contribution in [1.82, 2.24) is 24.4 Å². The van der Waals surface area contributed by atoms with E-state index >= 15 is 0 Å². The van der Waals surface area contributed by atoms with Crippen LogP contribution in [0.1, 0.15) is 25.8 Å². The standard InChI is InChI=1S/C31H31FN6O/c1-4-8-27(21(2)33-3)36-28-19-35-30(23-9-6-5-7-10-23)38(31(28)39)20-22-15-26(18-34-17-22)37-14-13-24-16-25(32)11-12-29(24)37/h5-19,21,33,36H,4,20H2,1-3H3/b27-8+/t21-/m0/s1. The van der Waals surface area contributed by atoms with Crippen molar-refractivity contribution in [2.24, 2.45) is 0 Å². The Bertz CT molecular complexity index is 1690. The number of allylic oxidation sites excluding steroid dienone is 1. The molecule has 0 aliphatic heterocycles. The number of anilines is 1. The predicted molar refractivity (Wildman–Crippen MR) is 155 cm³/mol. The minimum atomic E-state index is -0.276. The van der Waals surface area contributed by atoms with Crippen LogP contribution >= 0.6 is 0 Å². The van der Waals surface area contributed by atoms with Crippen LogP contribution in [0.3, 0.4) is 0 Å². The van der Waals surface area contributed by atoms with Crippen molar-refractivity contribution < 1.29 is 4.39 Å². The van der Waals surface area contributed by atoms with Gasteiger partial charge in [-0.05, 0) is 56.3 Å². The zero-order chi connectivity index (χ0) is 27.4. The van der Waals surface area contributed by atoms with Gasteiger partial charge in [0.2, 0.25) is 0 Å². The van der Waals surface area contributed by atoms with Crippen LogP contribution in [0.4, 0.5) is 10.1 Å². The van der Waals surface area contributed by atoms with Gasteiger partial charge in [0.1, 0.15) is 17.3 Å². The fraction of sp³-hybridized carbons (Fsp3) is 0.194. The summed E-state index contributed by atoms with van der Waals surface area (Å²) >= 11 is 0. The normalized spacial score (nSPS) is 12.6. The Kier molecular flexibility index (Phi) is 7.65. The van der Waals surface area contributed by atoms with Crippen LogP contribution in [-0.2, 0) is 6.54 Å². The molecule has 0 amide bonds. The molecule has 7 nitrogen and oxygen atoms in total. The van der Waals surface area contributed by atoms with Crippen LogP contribution in [0.2, 0.25) is 0 Å². The van der Waals surface area contributed by atoms with Gasteiger partial charge in [0.25, 0.3) is 5.56 Å². The molecule has 0 unspecified atom stereocenters. The summed E-state index contributed by atoms with van der Waals surface area (Å²) in [4.78, 5) is 23.1. The monoisotopic (exact) mass is 522 g/mol. The van der Waals surface area contributed by atoms with Gasteiger partial charge in [-0.25, -0.2) is 9.37 Å². The Morgan fingerprint density at radius 2 is 1.90 bits per heavy atom. The summed E-state index contributed by atoms with van der Waals surface area (Å²) in [5.74, 6) is 0.295. The second-order valence-electron chi connectivity index (χ2n) is 9.40. The first-order valence-electron chi connectivity index (χ1n) is 13.0. The van der Waals surface area contributed by atoms with Gasteiger partial charge in [-0.2, -0.15) is 0 Å². The number of nitrogens with one attached hydrogen (secondary N) is 2. The molecule has 0 bridgehead atoms. The number of benzene rings is 2. The van der Waals surface area contributed by atoms with E-state index in [2.05, 4.69) is 28.6 Å². The first kappa shape index (κ1) is 26.1. The molecule has 0 fully saturated rings. The van der Waals surface area contributed by atoms with Crippen molar-refractivity contribution in [3.05, 3.63) is 119 Å². The van der Waals surface area contributed by atoms with E-state index in [1.165, 1.54) is 12.1 Å². The van der Waals surface area contributed by atoms with Gasteiger partial charge < -0.3 is 15.2 Å². The maximum atomic E-state index is 13.9. The Balaban J connectivity index is 1.57. The fourth-order valence-corrected chi connectivity index (χ4v) is 4.62. The molecule has 2 N–H and O–H groups in total. The molecule has 0 saturated heterocycles. The highest BCUT2D eigenvalue weighted by Gasteiger charge is 2.16. The van der Waals surface area contributed by atoms with E-state index in [0.717, 1.165) is 39.8 Å². The van der Waals surface area contributed by atoms with Crippen LogP contribution < -0.4 is 16.2 Å². The topological polar surface area (TPSA) is 76.8 Å². The number of hydrogen-bond acceptors (Lipinski definition) is 5. The zero-order valence-electron chi connectivity index (χ0n) is 22.2. The lowest BCUT2D eigenvalue weighted by Crippen LogP contribution is -2.31. The molecule has 198 valence electrons. The average Bonchev–Trinajstić information content (AvgIpc) is 3.38. The van der Waals surface area contributed by atoms with Crippen LogP contribution in [0.5, 0.6) is 0 Å². The zero-order valence-corrected chi connectivity index (χ0v) is 22.2. The molecule has 3 aromatic heterocycles. The minimum absolute atomic E-state index is 0.0392. The van der Waals surface area contributed by atoms with E-state index in [1.54, 1.807) is 29.2 Å². The Hall–Kier alpha value is -4.56. The quantitative estimate of drug-likeness (QED) is 0.258. The Morgan fingerprint density at radius 3 is 2.67 bits per heavy atom. The Morgan fingerprint density at radius 1 is 1.08 bits per heavy atom. The molecule has 0 radical (unpaired) electrons. The maximum absolute atomic E-state index is 13.9. The number of aromatic nitrogens is 4. The highest BCUT2D eigenvalue weighted by atomic mass is 19.1. The smallest absolute Gasteiger partial charge is 0.277 e. The first-order valence-corrected chi connectivity index (χ1v) is 13.0. The van der Waals surface area contributed by atoms with Gasteiger partial charge in [-0.1, -0.05) is 43.3 Å². The van der Waals surface area contributed by atoms with Crippen LogP contribution in [0.25, 0.3) is 28.0 Å². The highest BCUT2D eigenvalue weighted by Crippen LogP contribution is 2.23. The van der Waals surface area contributed by atoms with Gasteiger partial charge in [-0.15, -0.1) is 0 Å². The number of halogens is 1. The summed E-state index contributed by atoms with van der Waals surface area (Å²) in [5, 5.41) is 7.34. The largest absolute Gasteiger partial charge is 0.352 e. The van der Waals surface area contributed by atoms with Gasteiger partial charge in [0, 0.05) is 35.1 Å². The number of nitrogens with zero attached hydrogens (tertiary/aromatic N) is 4. The third-order valence-corrected chi connectivity index (χ3v) is 6.73. The molecule has 3 heterocycles.